The van der Waals surface area contributed by atoms with E-state index in [0.29, 0.717) is 19.4 Å². The van der Waals surface area contributed by atoms with E-state index in [1.165, 1.54) is 0 Å². The van der Waals surface area contributed by atoms with Crippen LogP contribution in [0.5, 0.6) is 0 Å². The van der Waals surface area contributed by atoms with E-state index in [1.54, 1.807) is 0 Å². The Morgan fingerprint density at radius 1 is 0.875 bits per heavy atom. The van der Waals surface area contributed by atoms with Gasteiger partial charge in [0.25, 0.3) is 0 Å². The van der Waals surface area contributed by atoms with E-state index in [-0.39, 0.29) is 30.2 Å². The predicted octanol–water partition coefficient (Wildman–Crippen LogP) is 2.58. The number of nitrogens with two attached hydrogens (primary N) is 2. The summed E-state index contributed by atoms with van der Waals surface area (Å²) in [7, 11) is 0. The van der Waals surface area contributed by atoms with E-state index in [9.17, 15) is 14.4 Å². The first-order valence-electron chi connectivity index (χ1n) is 12.3. The van der Waals surface area contributed by atoms with Crippen LogP contribution in [0.25, 0.3) is 0 Å². The Kier molecular flexibility index (Phi) is 28.6. The molecule has 0 spiro atoms. The van der Waals surface area contributed by atoms with Gasteiger partial charge in [0.15, 0.2) is 5.96 Å². The molecule has 9 nitrogen and oxygen atoms in total. The summed E-state index contributed by atoms with van der Waals surface area (Å²) >= 11 is 0. The number of aliphatic imine (C=N–C) groups is 1. The lowest BCUT2D eigenvalue weighted by atomic mass is 10.1. The third kappa shape index (κ3) is 24.0. The van der Waals surface area contributed by atoms with Crippen LogP contribution in [0, 0.1) is 0 Å². The van der Waals surface area contributed by atoms with Gasteiger partial charge in [0.1, 0.15) is 6.04 Å². The van der Waals surface area contributed by atoms with Crippen molar-refractivity contribution in [3.63, 3.8) is 0 Å². The molecule has 7 N–H and O–H groups in total. The Hall–Kier alpha value is -2.32. The van der Waals surface area contributed by atoms with Crippen molar-refractivity contribution in [2.24, 2.45) is 16.5 Å². The van der Waals surface area contributed by atoms with Crippen molar-refractivity contribution in [3.8, 4) is 0 Å². The summed E-state index contributed by atoms with van der Waals surface area (Å²) in [5.74, 6) is -0.389. The Morgan fingerprint density at radius 2 is 1.44 bits per heavy atom. The number of nitrogens with one attached hydrogen (secondary N) is 3. The number of carbonyl (C=O) groups excluding carboxylic acids is 3. The molecule has 3 amide bonds. The van der Waals surface area contributed by atoms with Gasteiger partial charge in [-0.05, 0) is 25.7 Å². The average Bonchev–Trinajstić information content (AvgIpc) is 2.80. The summed E-state index contributed by atoms with van der Waals surface area (Å²) in [5.41, 5.74) is 10.0. The number of amides is 3. The molecule has 9 heteroatoms. The van der Waals surface area contributed by atoms with Crippen LogP contribution in [0.15, 0.2) is 4.99 Å². The SMILES string of the molecule is CC.CC.CCC1NC(=O)CCCCCCCCNC(=O)CNC1=O.CCCN=C(N)N. The van der Waals surface area contributed by atoms with E-state index in [4.69, 9.17) is 11.5 Å². The summed E-state index contributed by atoms with van der Waals surface area (Å²) in [4.78, 5) is 39.0. The van der Waals surface area contributed by atoms with E-state index in [2.05, 4.69) is 20.9 Å². The van der Waals surface area contributed by atoms with Gasteiger partial charge in [-0.2, -0.15) is 0 Å². The minimum atomic E-state index is -0.557. The van der Waals surface area contributed by atoms with Crippen molar-refractivity contribution >= 4 is 23.7 Å². The summed E-state index contributed by atoms with van der Waals surface area (Å²) in [6, 6.07) is -0.557. The van der Waals surface area contributed by atoms with Gasteiger partial charge in [-0.1, -0.05) is 67.2 Å². The molecule has 0 radical (unpaired) electrons. The van der Waals surface area contributed by atoms with E-state index in [0.717, 1.165) is 51.5 Å². The molecular weight excluding hydrogens is 408 g/mol. The van der Waals surface area contributed by atoms with Gasteiger partial charge < -0.3 is 27.4 Å². The maximum absolute atomic E-state index is 11.9. The monoisotopic (exact) mass is 458 g/mol. The fourth-order valence-electron chi connectivity index (χ4n) is 2.56. The van der Waals surface area contributed by atoms with Crippen LogP contribution >= 0.6 is 0 Å². The Labute approximate surface area is 195 Å². The van der Waals surface area contributed by atoms with Crippen molar-refractivity contribution in [2.75, 3.05) is 19.6 Å². The van der Waals surface area contributed by atoms with Gasteiger partial charge in [0, 0.05) is 19.5 Å². The van der Waals surface area contributed by atoms with Crippen LogP contribution in [0.1, 0.15) is 99.3 Å². The van der Waals surface area contributed by atoms with Crippen molar-refractivity contribution in [3.05, 3.63) is 0 Å². The molecule has 1 fully saturated rings. The van der Waals surface area contributed by atoms with Crippen LogP contribution in [-0.2, 0) is 14.4 Å². The fourth-order valence-corrected chi connectivity index (χ4v) is 2.56. The zero-order chi connectivity index (χ0) is 25.2. The predicted molar refractivity (Wildman–Crippen MR) is 134 cm³/mol. The molecule has 0 aromatic rings. The summed E-state index contributed by atoms with van der Waals surface area (Å²) in [5, 5.41) is 8.09. The highest BCUT2D eigenvalue weighted by Gasteiger charge is 2.19. The lowest BCUT2D eigenvalue weighted by Crippen LogP contribution is -2.48. The molecule has 32 heavy (non-hydrogen) atoms. The van der Waals surface area contributed by atoms with Gasteiger partial charge >= 0.3 is 0 Å². The minimum absolute atomic E-state index is 0.0365. The third-order valence-electron chi connectivity index (χ3n) is 4.15. The average molecular weight is 459 g/mol. The van der Waals surface area contributed by atoms with E-state index in [1.807, 2.05) is 41.5 Å². The Balaban J connectivity index is -0.000000643. The summed E-state index contributed by atoms with van der Waals surface area (Å²) in [6.45, 7) is 13.2. The lowest BCUT2D eigenvalue weighted by Gasteiger charge is -2.17. The zero-order valence-corrected chi connectivity index (χ0v) is 21.4. The smallest absolute Gasteiger partial charge is 0.243 e. The van der Waals surface area contributed by atoms with E-state index >= 15 is 0 Å². The minimum Gasteiger partial charge on any atom is -0.370 e. The molecule has 1 saturated heterocycles. The second kappa shape index (κ2) is 26.7. The molecule has 1 aliphatic heterocycles. The topological polar surface area (TPSA) is 152 Å². The van der Waals surface area contributed by atoms with Gasteiger partial charge in [0.05, 0.1) is 6.54 Å². The molecule has 0 bridgehead atoms. The van der Waals surface area contributed by atoms with Crippen molar-refractivity contribution in [2.45, 2.75) is 105 Å². The number of nitrogens with zero attached hydrogens (tertiary/aromatic N) is 1. The number of carbonyl (C=O) groups is 3. The normalized spacial score (nSPS) is 17.8. The first kappa shape index (κ1) is 34.3. The molecular formula is C23H50N6O3. The van der Waals surface area contributed by atoms with Gasteiger partial charge in [-0.15, -0.1) is 0 Å². The van der Waals surface area contributed by atoms with Gasteiger partial charge in [-0.3, -0.25) is 19.4 Å². The maximum Gasteiger partial charge on any atom is 0.243 e. The number of rotatable bonds is 3. The standard InChI is InChI=1S/C15H27N3O3.C4H11N3.2C2H6/c1-2-12-15(21)17-11-14(20)16-10-8-6-4-3-5-7-9-13(19)18-12;1-2-3-7-4(5)6;2*1-2/h12H,2-11H2,1H3,(H,16,20)(H,17,21)(H,18,19);2-3H2,1H3,(H4,5,6,7);2*1-2H3. The number of hydrogen-bond donors (Lipinski definition) is 5. The van der Waals surface area contributed by atoms with Crippen LogP contribution in [-0.4, -0.2) is 49.4 Å². The molecule has 1 heterocycles. The van der Waals surface area contributed by atoms with Crippen molar-refractivity contribution in [1.29, 1.82) is 0 Å². The first-order valence-corrected chi connectivity index (χ1v) is 12.3. The van der Waals surface area contributed by atoms with Gasteiger partial charge in [0.2, 0.25) is 17.7 Å². The molecule has 190 valence electrons. The lowest BCUT2D eigenvalue weighted by molar-refractivity contribution is -0.130. The van der Waals surface area contributed by atoms with Gasteiger partial charge in [-0.25, -0.2) is 0 Å². The van der Waals surface area contributed by atoms with Crippen LogP contribution in [0.3, 0.4) is 0 Å². The summed E-state index contributed by atoms with van der Waals surface area (Å²) in [6.07, 6.45) is 8.14. The second-order valence-electron chi connectivity index (χ2n) is 6.77. The number of guanidine groups is 1. The quantitative estimate of drug-likeness (QED) is 0.325. The van der Waals surface area contributed by atoms with Crippen LogP contribution in [0.2, 0.25) is 0 Å². The maximum atomic E-state index is 11.9. The molecule has 1 atom stereocenters. The molecule has 0 aromatic heterocycles. The third-order valence-corrected chi connectivity index (χ3v) is 4.15. The number of hydrogen-bond acceptors (Lipinski definition) is 4. The molecule has 1 unspecified atom stereocenters. The van der Waals surface area contributed by atoms with Crippen LogP contribution in [0.4, 0.5) is 0 Å². The highest BCUT2D eigenvalue weighted by atomic mass is 16.2. The Morgan fingerprint density at radius 3 is 1.94 bits per heavy atom. The van der Waals surface area contributed by atoms with Crippen molar-refractivity contribution in [1.82, 2.24) is 16.0 Å². The highest BCUT2D eigenvalue weighted by molar-refractivity contribution is 5.90. The molecule has 0 aliphatic carbocycles. The largest absolute Gasteiger partial charge is 0.370 e. The zero-order valence-electron chi connectivity index (χ0n) is 21.4. The second-order valence-corrected chi connectivity index (χ2v) is 6.77. The first-order chi connectivity index (χ1) is 15.4. The van der Waals surface area contributed by atoms with E-state index < -0.39 is 6.04 Å². The Bertz CT molecular complexity index is 494. The fraction of sp³-hybridized carbons (Fsp3) is 0.826. The highest BCUT2D eigenvalue weighted by Crippen LogP contribution is 2.07. The molecule has 0 saturated carbocycles. The molecule has 0 aromatic carbocycles. The van der Waals surface area contributed by atoms with Crippen LogP contribution < -0.4 is 27.4 Å². The molecule has 1 rings (SSSR count). The summed E-state index contributed by atoms with van der Waals surface area (Å²) < 4.78 is 0. The van der Waals surface area contributed by atoms with Crippen molar-refractivity contribution < 1.29 is 14.4 Å². The molecule has 1 aliphatic rings.